The summed E-state index contributed by atoms with van der Waals surface area (Å²) in [7, 11) is 1.93. The number of aliphatic hydroxyl groups is 1. The molecule has 106 valence electrons. The Bertz CT molecular complexity index is 616. The number of hydrogen-bond donors (Lipinski definition) is 1. The molecule has 0 saturated heterocycles. The summed E-state index contributed by atoms with van der Waals surface area (Å²) in [6.07, 6.45) is 1.21. The van der Waals surface area contributed by atoms with Gasteiger partial charge < -0.3 is 5.11 Å². The van der Waals surface area contributed by atoms with E-state index in [4.69, 9.17) is 0 Å². The maximum Gasteiger partial charge on any atom is 0.0738 e. The number of aromatic nitrogens is 2. The minimum absolute atomic E-state index is 0.231. The van der Waals surface area contributed by atoms with Gasteiger partial charge in [-0.15, -0.1) is 11.8 Å². The molecule has 0 radical (unpaired) electrons. The number of thioether (sulfide) groups is 1. The predicted octanol–water partition coefficient (Wildman–Crippen LogP) is 3.11. The first-order chi connectivity index (χ1) is 9.56. The van der Waals surface area contributed by atoms with Crippen LogP contribution >= 0.6 is 27.7 Å². The van der Waals surface area contributed by atoms with E-state index in [1.54, 1.807) is 11.8 Å². The summed E-state index contributed by atoms with van der Waals surface area (Å²) in [5.41, 5.74) is 3.38. The molecule has 2 heterocycles. The van der Waals surface area contributed by atoms with Crippen LogP contribution in [0, 0.1) is 6.92 Å². The number of rotatable bonds is 3. The molecule has 3 rings (SSSR count). The van der Waals surface area contributed by atoms with Crippen molar-refractivity contribution in [1.29, 1.82) is 0 Å². The highest BCUT2D eigenvalue weighted by atomic mass is 79.9. The van der Waals surface area contributed by atoms with Gasteiger partial charge in [0, 0.05) is 23.6 Å². The topological polar surface area (TPSA) is 38.0 Å². The Morgan fingerprint density at radius 1 is 1.50 bits per heavy atom. The summed E-state index contributed by atoms with van der Waals surface area (Å²) < 4.78 is 2.87. The first-order valence-corrected chi connectivity index (χ1v) is 8.34. The summed E-state index contributed by atoms with van der Waals surface area (Å²) in [4.78, 5) is 1.30. The minimum Gasteiger partial charge on any atom is -0.392 e. The molecule has 1 N–H and O–H groups in total. The van der Waals surface area contributed by atoms with Crippen molar-refractivity contribution in [2.75, 3.05) is 0 Å². The average Bonchev–Trinajstić information content (AvgIpc) is 2.95. The third-order valence-electron chi connectivity index (χ3n) is 3.77. The van der Waals surface area contributed by atoms with Crippen molar-refractivity contribution >= 4 is 27.7 Å². The average molecular weight is 353 g/mol. The molecule has 2 atom stereocenters. The van der Waals surface area contributed by atoms with Gasteiger partial charge >= 0.3 is 0 Å². The SMILES string of the molecule is Cc1nn(C)c(CC(O)C2Cc3ccccc3S2)c1Br. The Balaban J connectivity index is 1.74. The summed E-state index contributed by atoms with van der Waals surface area (Å²) >= 11 is 5.35. The van der Waals surface area contributed by atoms with Gasteiger partial charge in [-0.05, 0) is 40.9 Å². The molecule has 1 aromatic carbocycles. The van der Waals surface area contributed by atoms with Gasteiger partial charge in [-0.2, -0.15) is 5.10 Å². The van der Waals surface area contributed by atoms with Crippen LogP contribution in [0.5, 0.6) is 0 Å². The van der Waals surface area contributed by atoms with E-state index in [2.05, 4.69) is 45.3 Å². The number of nitrogens with zero attached hydrogens (tertiary/aromatic N) is 2. The lowest BCUT2D eigenvalue weighted by Crippen LogP contribution is -2.26. The molecule has 20 heavy (non-hydrogen) atoms. The van der Waals surface area contributed by atoms with Crippen LogP contribution in [0.25, 0.3) is 0 Å². The molecule has 3 nitrogen and oxygen atoms in total. The largest absolute Gasteiger partial charge is 0.392 e. The normalized spacial score (nSPS) is 19.1. The molecule has 1 aliphatic heterocycles. The van der Waals surface area contributed by atoms with Crippen molar-refractivity contribution in [3.05, 3.63) is 45.7 Å². The number of aliphatic hydroxyl groups excluding tert-OH is 1. The van der Waals surface area contributed by atoms with Gasteiger partial charge in [-0.3, -0.25) is 4.68 Å². The second-order valence-corrected chi connectivity index (χ2v) is 7.28. The van der Waals surface area contributed by atoms with E-state index in [1.807, 2.05) is 18.7 Å². The van der Waals surface area contributed by atoms with Crippen LogP contribution in [-0.4, -0.2) is 26.2 Å². The molecular formula is C15H17BrN2OS. The highest BCUT2D eigenvalue weighted by Gasteiger charge is 2.29. The van der Waals surface area contributed by atoms with E-state index in [1.165, 1.54) is 10.5 Å². The second-order valence-electron chi connectivity index (χ2n) is 5.21. The van der Waals surface area contributed by atoms with E-state index in [9.17, 15) is 5.11 Å². The maximum absolute atomic E-state index is 10.5. The van der Waals surface area contributed by atoms with Crippen molar-refractivity contribution in [3.8, 4) is 0 Å². The number of aryl methyl sites for hydroxylation is 2. The number of fused-ring (bicyclic) bond motifs is 1. The van der Waals surface area contributed by atoms with E-state index >= 15 is 0 Å². The zero-order valence-electron chi connectivity index (χ0n) is 11.5. The molecular weight excluding hydrogens is 336 g/mol. The standard InChI is InChI=1S/C15H17BrN2OS/c1-9-15(16)11(18(2)17-9)8-12(19)14-7-10-5-3-4-6-13(10)20-14/h3-6,12,14,19H,7-8H2,1-2H3. The number of benzene rings is 1. The molecule has 0 spiro atoms. The fourth-order valence-corrected chi connectivity index (χ4v) is 4.45. The lowest BCUT2D eigenvalue weighted by molar-refractivity contribution is 0.169. The Hall–Kier alpha value is -0.780. The monoisotopic (exact) mass is 352 g/mol. The smallest absolute Gasteiger partial charge is 0.0738 e. The van der Waals surface area contributed by atoms with Crippen LogP contribution < -0.4 is 0 Å². The number of hydrogen-bond acceptors (Lipinski definition) is 3. The van der Waals surface area contributed by atoms with E-state index in [-0.39, 0.29) is 11.4 Å². The lowest BCUT2D eigenvalue weighted by Gasteiger charge is -2.17. The zero-order chi connectivity index (χ0) is 14.3. The van der Waals surface area contributed by atoms with Crippen molar-refractivity contribution in [3.63, 3.8) is 0 Å². The summed E-state index contributed by atoms with van der Waals surface area (Å²) in [6, 6.07) is 8.41. The first kappa shape index (κ1) is 14.2. The van der Waals surface area contributed by atoms with E-state index < -0.39 is 0 Å². The summed E-state index contributed by atoms with van der Waals surface area (Å²) in [5.74, 6) is 0. The lowest BCUT2D eigenvalue weighted by atomic mass is 10.0. The molecule has 0 fully saturated rings. The maximum atomic E-state index is 10.5. The van der Waals surface area contributed by atoms with Crippen molar-refractivity contribution in [2.24, 2.45) is 7.05 Å². The van der Waals surface area contributed by atoms with Gasteiger partial charge in [0.15, 0.2) is 0 Å². The highest BCUT2D eigenvalue weighted by Crippen LogP contribution is 2.39. The molecule has 0 saturated carbocycles. The van der Waals surface area contributed by atoms with Gasteiger partial charge in [0.05, 0.1) is 22.0 Å². The van der Waals surface area contributed by atoms with Gasteiger partial charge in [0.25, 0.3) is 0 Å². The number of halogens is 1. The Kier molecular flexibility index (Phi) is 3.93. The third-order valence-corrected chi connectivity index (χ3v) is 6.23. The van der Waals surface area contributed by atoms with Crippen molar-refractivity contribution in [1.82, 2.24) is 9.78 Å². The molecule has 0 amide bonds. The molecule has 1 aromatic heterocycles. The van der Waals surface area contributed by atoms with Crippen LogP contribution in [0.2, 0.25) is 0 Å². The van der Waals surface area contributed by atoms with Crippen LogP contribution in [0.15, 0.2) is 33.6 Å². The zero-order valence-corrected chi connectivity index (χ0v) is 13.9. The van der Waals surface area contributed by atoms with Gasteiger partial charge in [-0.1, -0.05) is 18.2 Å². The molecule has 2 aromatic rings. The van der Waals surface area contributed by atoms with E-state index in [0.717, 1.165) is 22.3 Å². The molecule has 0 aliphatic carbocycles. The van der Waals surface area contributed by atoms with Gasteiger partial charge in [0.2, 0.25) is 0 Å². The summed E-state index contributed by atoms with van der Waals surface area (Å²) in [5, 5.41) is 15.2. The van der Waals surface area contributed by atoms with Gasteiger partial charge in [-0.25, -0.2) is 0 Å². The van der Waals surface area contributed by atoms with Crippen LogP contribution in [0.1, 0.15) is 17.0 Å². The second kappa shape index (κ2) is 5.54. The Labute approximate surface area is 131 Å². The quantitative estimate of drug-likeness (QED) is 0.922. The fourth-order valence-electron chi connectivity index (χ4n) is 2.65. The molecule has 5 heteroatoms. The van der Waals surface area contributed by atoms with Crippen LogP contribution in [0.4, 0.5) is 0 Å². The first-order valence-electron chi connectivity index (χ1n) is 6.67. The third kappa shape index (κ3) is 2.54. The van der Waals surface area contributed by atoms with E-state index in [0.29, 0.717) is 6.42 Å². The Morgan fingerprint density at radius 2 is 2.25 bits per heavy atom. The fraction of sp³-hybridized carbons (Fsp3) is 0.400. The molecule has 1 aliphatic rings. The highest BCUT2D eigenvalue weighted by molar-refractivity contribution is 9.10. The van der Waals surface area contributed by atoms with Crippen LogP contribution in [-0.2, 0) is 19.9 Å². The minimum atomic E-state index is -0.363. The Morgan fingerprint density at radius 3 is 2.90 bits per heavy atom. The van der Waals surface area contributed by atoms with Crippen molar-refractivity contribution < 1.29 is 5.11 Å². The van der Waals surface area contributed by atoms with Gasteiger partial charge in [0.1, 0.15) is 0 Å². The van der Waals surface area contributed by atoms with Crippen molar-refractivity contribution in [2.45, 2.75) is 36.0 Å². The van der Waals surface area contributed by atoms with Crippen LogP contribution in [0.3, 0.4) is 0 Å². The summed E-state index contributed by atoms with van der Waals surface area (Å²) in [6.45, 7) is 1.97. The molecule has 0 bridgehead atoms. The molecule has 2 unspecified atom stereocenters. The predicted molar refractivity (Wildman–Crippen MR) is 85.1 cm³/mol.